The van der Waals surface area contributed by atoms with E-state index in [4.69, 9.17) is 4.74 Å². The second kappa shape index (κ2) is 7.49. The minimum absolute atomic E-state index is 0.149. The zero-order valence-electron chi connectivity index (χ0n) is 14.7. The molecule has 1 aromatic carbocycles. The number of aromatic amines is 1. The van der Waals surface area contributed by atoms with E-state index in [2.05, 4.69) is 20.2 Å². The summed E-state index contributed by atoms with van der Waals surface area (Å²) >= 11 is 1.34. The lowest BCUT2D eigenvalue weighted by Crippen LogP contribution is -2.36. The van der Waals surface area contributed by atoms with Gasteiger partial charge in [0.05, 0.1) is 12.4 Å². The molecule has 3 aromatic rings. The molecule has 0 aliphatic carbocycles. The van der Waals surface area contributed by atoms with Gasteiger partial charge in [-0.05, 0) is 44.4 Å². The average Bonchev–Trinajstić information content (AvgIpc) is 3.04. The normalized spacial score (nSPS) is 14.9. The first kappa shape index (κ1) is 17.1. The Morgan fingerprint density at radius 2 is 2.12 bits per heavy atom. The molecule has 7 nitrogen and oxygen atoms in total. The van der Waals surface area contributed by atoms with Crippen LogP contribution >= 0.6 is 11.8 Å². The number of likely N-dealkylation sites (tertiary alicyclic amines) is 1. The molecule has 2 aromatic heterocycles. The summed E-state index contributed by atoms with van der Waals surface area (Å²) in [5.41, 5.74) is 2.33. The van der Waals surface area contributed by atoms with Crippen LogP contribution in [0.1, 0.15) is 26.2 Å². The van der Waals surface area contributed by atoms with Crippen molar-refractivity contribution in [3.63, 3.8) is 0 Å². The van der Waals surface area contributed by atoms with E-state index < -0.39 is 0 Å². The van der Waals surface area contributed by atoms with Gasteiger partial charge in [0.15, 0.2) is 5.65 Å². The lowest BCUT2D eigenvalue weighted by atomic mass is 10.1. The predicted molar refractivity (Wildman–Crippen MR) is 102 cm³/mol. The van der Waals surface area contributed by atoms with E-state index in [0.29, 0.717) is 28.7 Å². The number of hydrogen-bond donors (Lipinski definition) is 1. The topological polar surface area (TPSA) is 84.0 Å². The number of amides is 1. The summed E-state index contributed by atoms with van der Waals surface area (Å²) in [5, 5.41) is 9.96. The van der Waals surface area contributed by atoms with Gasteiger partial charge in [0.2, 0.25) is 11.1 Å². The third-order valence-electron chi connectivity index (χ3n) is 4.51. The van der Waals surface area contributed by atoms with Crippen molar-refractivity contribution in [3.8, 4) is 5.75 Å². The molecule has 8 heteroatoms. The van der Waals surface area contributed by atoms with Gasteiger partial charge in [-0.15, -0.1) is 10.2 Å². The molecular weight excluding hydrogens is 350 g/mol. The first-order chi connectivity index (χ1) is 12.7. The fourth-order valence-corrected chi connectivity index (χ4v) is 3.90. The molecular formula is C18H21N5O2S. The van der Waals surface area contributed by atoms with Crippen molar-refractivity contribution in [1.82, 2.24) is 25.1 Å². The highest BCUT2D eigenvalue weighted by Gasteiger charge is 2.17. The van der Waals surface area contributed by atoms with Crippen molar-refractivity contribution in [2.24, 2.45) is 0 Å². The molecule has 1 N–H and O–H groups in total. The Balaban J connectivity index is 1.51. The highest BCUT2D eigenvalue weighted by molar-refractivity contribution is 7.99. The summed E-state index contributed by atoms with van der Waals surface area (Å²) in [4.78, 5) is 22.0. The number of rotatable bonds is 5. The second-order valence-corrected chi connectivity index (χ2v) is 7.23. The fourth-order valence-electron chi connectivity index (χ4n) is 3.21. The van der Waals surface area contributed by atoms with E-state index in [-0.39, 0.29) is 5.91 Å². The van der Waals surface area contributed by atoms with Crippen molar-refractivity contribution in [2.75, 3.05) is 25.4 Å². The summed E-state index contributed by atoms with van der Waals surface area (Å²) in [6.07, 6.45) is 3.41. The highest BCUT2D eigenvalue weighted by atomic mass is 32.2. The zero-order chi connectivity index (χ0) is 17.9. The maximum absolute atomic E-state index is 12.3. The van der Waals surface area contributed by atoms with Gasteiger partial charge in [-0.3, -0.25) is 4.79 Å². The van der Waals surface area contributed by atoms with E-state index in [1.54, 1.807) is 0 Å². The smallest absolute Gasteiger partial charge is 0.233 e. The third kappa shape index (κ3) is 3.46. The molecule has 1 aliphatic heterocycles. The van der Waals surface area contributed by atoms with E-state index in [9.17, 15) is 4.79 Å². The highest BCUT2D eigenvalue weighted by Crippen LogP contribution is 2.27. The summed E-state index contributed by atoms with van der Waals surface area (Å²) < 4.78 is 5.55. The lowest BCUT2D eigenvalue weighted by molar-refractivity contribution is -0.129. The number of H-pyrrole nitrogens is 1. The summed E-state index contributed by atoms with van der Waals surface area (Å²) in [6, 6.07) is 5.82. The number of fused-ring (bicyclic) bond motifs is 3. The van der Waals surface area contributed by atoms with Crippen molar-refractivity contribution in [1.29, 1.82) is 0 Å². The van der Waals surface area contributed by atoms with E-state index in [1.807, 2.05) is 30.0 Å². The molecule has 4 rings (SSSR count). The van der Waals surface area contributed by atoms with Gasteiger partial charge in [0, 0.05) is 24.0 Å². The monoisotopic (exact) mass is 371 g/mol. The van der Waals surface area contributed by atoms with Gasteiger partial charge < -0.3 is 14.6 Å². The third-order valence-corrected chi connectivity index (χ3v) is 5.33. The summed E-state index contributed by atoms with van der Waals surface area (Å²) in [6.45, 7) is 4.29. The van der Waals surface area contributed by atoms with Gasteiger partial charge in [0.25, 0.3) is 0 Å². The van der Waals surface area contributed by atoms with Gasteiger partial charge in [-0.1, -0.05) is 11.8 Å². The SMILES string of the molecule is CCOc1ccc2[nH]c3nc(SCC(=O)N4CCCCC4)nnc3c2c1. The molecule has 0 bridgehead atoms. The van der Waals surface area contributed by atoms with E-state index in [0.717, 1.165) is 42.6 Å². The average molecular weight is 371 g/mol. The number of piperidine rings is 1. The van der Waals surface area contributed by atoms with Crippen LogP contribution in [0, 0.1) is 0 Å². The Morgan fingerprint density at radius 3 is 2.92 bits per heavy atom. The Morgan fingerprint density at radius 1 is 1.27 bits per heavy atom. The standard InChI is InChI=1S/C18H21N5O2S/c1-2-25-12-6-7-14-13(10-12)16-17(19-14)20-18(22-21-16)26-11-15(24)23-8-4-3-5-9-23/h6-7,10H,2-5,8-9,11H2,1H3,(H,19,20,22). The zero-order valence-corrected chi connectivity index (χ0v) is 15.5. The molecule has 0 saturated carbocycles. The number of carbonyl (C=O) groups excluding carboxylic acids is 1. The Labute approximate surface area is 155 Å². The van der Waals surface area contributed by atoms with Gasteiger partial charge in [-0.25, -0.2) is 4.98 Å². The van der Waals surface area contributed by atoms with Crippen molar-refractivity contribution >= 4 is 39.7 Å². The van der Waals surface area contributed by atoms with Crippen LogP contribution in [-0.4, -0.2) is 56.4 Å². The molecule has 1 amide bonds. The van der Waals surface area contributed by atoms with Crippen molar-refractivity contribution in [3.05, 3.63) is 18.2 Å². The van der Waals surface area contributed by atoms with Crippen LogP contribution in [-0.2, 0) is 4.79 Å². The first-order valence-electron chi connectivity index (χ1n) is 8.94. The van der Waals surface area contributed by atoms with Crippen molar-refractivity contribution in [2.45, 2.75) is 31.3 Å². The summed E-state index contributed by atoms with van der Waals surface area (Å²) in [7, 11) is 0. The molecule has 0 atom stereocenters. The van der Waals surface area contributed by atoms with Gasteiger partial charge in [0.1, 0.15) is 11.3 Å². The van der Waals surface area contributed by atoms with Crippen LogP contribution < -0.4 is 4.74 Å². The molecule has 0 spiro atoms. The van der Waals surface area contributed by atoms with Crippen LogP contribution in [0.2, 0.25) is 0 Å². The Hall–Kier alpha value is -2.35. The maximum Gasteiger partial charge on any atom is 0.233 e. The molecule has 3 heterocycles. The van der Waals surface area contributed by atoms with E-state index >= 15 is 0 Å². The number of ether oxygens (including phenoxy) is 1. The number of thioether (sulfide) groups is 1. The summed E-state index contributed by atoms with van der Waals surface area (Å²) in [5.74, 6) is 1.30. The number of carbonyl (C=O) groups is 1. The van der Waals surface area contributed by atoms with Crippen LogP contribution in [0.25, 0.3) is 22.1 Å². The quantitative estimate of drug-likeness (QED) is 0.694. The van der Waals surface area contributed by atoms with Gasteiger partial charge >= 0.3 is 0 Å². The Kier molecular flexibility index (Phi) is 4.92. The fraction of sp³-hybridized carbons (Fsp3) is 0.444. The molecule has 0 radical (unpaired) electrons. The van der Waals surface area contributed by atoms with Crippen molar-refractivity contribution < 1.29 is 9.53 Å². The van der Waals surface area contributed by atoms with Crippen LogP contribution in [0.5, 0.6) is 5.75 Å². The minimum atomic E-state index is 0.149. The number of aromatic nitrogens is 4. The van der Waals surface area contributed by atoms with Crippen LogP contribution in [0.4, 0.5) is 0 Å². The number of benzene rings is 1. The molecule has 1 saturated heterocycles. The molecule has 1 fully saturated rings. The molecule has 1 aliphatic rings. The van der Waals surface area contributed by atoms with Gasteiger partial charge in [-0.2, -0.15) is 0 Å². The largest absolute Gasteiger partial charge is 0.494 e. The Bertz CT molecular complexity index is 936. The van der Waals surface area contributed by atoms with Crippen LogP contribution in [0.3, 0.4) is 0 Å². The van der Waals surface area contributed by atoms with Crippen LogP contribution in [0.15, 0.2) is 23.4 Å². The number of hydrogen-bond acceptors (Lipinski definition) is 6. The second-order valence-electron chi connectivity index (χ2n) is 6.29. The minimum Gasteiger partial charge on any atom is -0.494 e. The van der Waals surface area contributed by atoms with E-state index in [1.165, 1.54) is 18.2 Å². The lowest BCUT2D eigenvalue weighted by Gasteiger charge is -2.26. The molecule has 136 valence electrons. The number of nitrogens with zero attached hydrogens (tertiary/aromatic N) is 4. The molecule has 26 heavy (non-hydrogen) atoms. The first-order valence-corrected chi connectivity index (χ1v) is 9.92. The maximum atomic E-state index is 12.3. The molecule has 0 unspecified atom stereocenters. The predicted octanol–water partition coefficient (Wildman–Crippen LogP) is 3.01. The number of nitrogens with one attached hydrogen (secondary N) is 1.